The SMILES string of the molecule is CC1(N=C=O)C(N=C=O)=CC=CC1N=C=O. The van der Waals surface area contributed by atoms with Crippen LogP contribution in [0.3, 0.4) is 0 Å². The highest BCUT2D eigenvalue weighted by Gasteiger charge is 2.39. The summed E-state index contributed by atoms with van der Waals surface area (Å²) in [5.41, 5.74) is -1.02. The summed E-state index contributed by atoms with van der Waals surface area (Å²) in [6.07, 6.45) is 8.71. The van der Waals surface area contributed by atoms with Crippen molar-refractivity contribution in [3.05, 3.63) is 23.9 Å². The van der Waals surface area contributed by atoms with Gasteiger partial charge in [0.1, 0.15) is 11.6 Å². The minimum atomic E-state index is -1.22. The Morgan fingerprint density at radius 3 is 2.56 bits per heavy atom. The first-order valence-corrected chi connectivity index (χ1v) is 4.32. The summed E-state index contributed by atoms with van der Waals surface area (Å²) in [5.74, 6) is 0. The molecule has 0 aromatic rings. The van der Waals surface area contributed by atoms with E-state index in [1.54, 1.807) is 12.2 Å². The lowest BCUT2D eigenvalue weighted by molar-refractivity contribution is 0.468. The molecule has 0 radical (unpaired) electrons. The van der Waals surface area contributed by atoms with Crippen LogP contribution in [-0.2, 0) is 14.4 Å². The average Bonchev–Trinajstić information content (AvgIpc) is 2.25. The molecular weight excluding hydrogens is 210 g/mol. The van der Waals surface area contributed by atoms with Crippen molar-refractivity contribution in [2.75, 3.05) is 0 Å². The predicted octanol–water partition coefficient (Wildman–Crippen LogP) is 0.575. The van der Waals surface area contributed by atoms with E-state index in [4.69, 9.17) is 0 Å². The van der Waals surface area contributed by atoms with E-state index in [1.165, 1.54) is 31.2 Å². The number of aliphatic imine (C=N–C) groups is 3. The van der Waals surface area contributed by atoms with E-state index in [1.807, 2.05) is 0 Å². The molecule has 2 atom stereocenters. The molecule has 2 unspecified atom stereocenters. The van der Waals surface area contributed by atoms with Crippen LogP contribution in [0.25, 0.3) is 0 Å². The summed E-state index contributed by atoms with van der Waals surface area (Å²) in [7, 11) is 0. The molecule has 1 aliphatic carbocycles. The van der Waals surface area contributed by atoms with Gasteiger partial charge in [0.05, 0.1) is 5.70 Å². The zero-order chi connectivity index (χ0) is 12.0. The van der Waals surface area contributed by atoms with Crippen molar-refractivity contribution in [3.63, 3.8) is 0 Å². The van der Waals surface area contributed by atoms with E-state index in [9.17, 15) is 14.4 Å². The van der Waals surface area contributed by atoms with E-state index in [0.717, 1.165) is 0 Å². The van der Waals surface area contributed by atoms with E-state index >= 15 is 0 Å². The summed E-state index contributed by atoms with van der Waals surface area (Å²) in [6.45, 7) is 1.51. The van der Waals surface area contributed by atoms with Crippen molar-refractivity contribution in [2.45, 2.75) is 18.5 Å². The number of hydrogen-bond acceptors (Lipinski definition) is 6. The topological polar surface area (TPSA) is 88.3 Å². The summed E-state index contributed by atoms with van der Waals surface area (Å²) >= 11 is 0. The Hall–Kier alpha value is -2.38. The second-order valence-electron chi connectivity index (χ2n) is 3.16. The third kappa shape index (κ3) is 2.00. The molecule has 0 aromatic heterocycles. The van der Waals surface area contributed by atoms with Crippen molar-refractivity contribution in [3.8, 4) is 0 Å². The van der Waals surface area contributed by atoms with Gasteiger partial charge in [-0.25, -0.2) is 14.4 Å². The number of isocyanates is 3. The highest BCUT2D eigenvalue weighted by molar-refractivity contribution is 5.48. The summed E-state index contributed by atoms with van der Waals surface area (Å²) in [6, 6.07) is -0.733. The van der Waals surface area contributed by atoms with Gasteiger partial charge in [-0.15, -0.1) is 0 Å². The van der Waals surface area contributed by atoms with Crippen LogP contribution in [0.4, 0.5) is 0 Å². The molecule has 0 bridgehead atoms. The van der Waals surface area contributed by atoms with Gasteiger partial charge in [-0.2, -0.15) is 15.0 Å². The number of hydrogen-bond donors (Lipinski definition) is 0. The lowest BCUT2D eigenvalue weighted by atomic mass is 9.86. The molecule has 0 saturated carbocycles. The van der Waals surface area contributed by atoms with E-state index in [2.05, 4.69) is 15.0 Å². The quantitative estimate of drug-likeness (QED) is 0.511. The molecule has 0 saturated heterocycles. The second-order valence-corrected chi connectivity index (χ2v) is 3.16. The summed E-state index contributed by atoms with van der Waals surface area (Å²) < 4.78 is 0. The summed E-state index contributed by atoms with van der Waals surface area (Å²) in [4.78, 5) is 41.3. The summed E-state index contributed by atoms with van der Waals surface area (Å²) in [5, 5.41) is 0. The Morgan fingerprint density at radius 2 is 2.00 bits per heavy atom. The van der Waals surface area contributed by atoms with Crippen LogP contribution in [-0.4, -0.2) is 29.8 Å². The Bertz CT molecular complexity index is 489. The first-order valence-electron chi connectivity index (χ1n) is 4.32. The lowest BCUT2D eigenvalue weighted by Gasteiger charge is -2.28. The fourth-order valence-corrected chi connectivity index (χ4v) is 1.40. The van der Waals surface area contributed by atoms with Gasteiger partial charge >= 0.3 is 0 Å². The molecule has 1 aliphatic rings. The van der Waals surface area contributed by atoms with Crippen LogP contribution >= 0.6 is 0 Å². The van der Waals surface area contributed by atoms with Crippen molar-refractivity contribution >= 4 is 18.2 Å². The van der Waals surface area contributed by atoms with Crippen LogP contribution in [0.2, 0.25) is 0 Å². The van der Waals surface area contributed by atoms with Gasteiger partial charge in [0.2, 0.25) is 18.2 Å². The fourth-order valence-electron chi connectivity index (χ4n) is 1.40. The largest absolute Gasteiger partial charge is 0.240 e. The Balaban J connectivity index is 3.34. The average molecular weight is 217 g/mol. The predicted molar refractivity (Wildman–Crippen MR) is 53.8 cm³/mol. The van der Waals surface area contributed by atoms with Gasteiger partial charge in [0, 0.05) is 0 Å². The molecule has 0 heterocycles. The maximum absolute atomic E-state index is 10.4. The molecule has 80 valence electrons. The van der Waals surface area contributed by atoms with E-state index in [-0.39, 0.29) is 5.70 Å². The molecule has 16 heavy (non-hydrogen) atoms. The number of nitrogens with zero attached hydrogens (tertiary/aromatic N) is 3. The lowest BCUT2D eigenvalue weighted by Crippen LogP contribution is -2.38. The molecular formula is C10H7N3O3. The molecule has 0 aliphatic heterocycles. The van der Waals surface area contributed by atoms with Gasteiger partial charge in [0.15, 0.2) is 0 Å². The van der Waals surface area contributed by atoms with Gasteiger partial charge in [-0.1, -0.05) is 12.2 Å². The molecule has 6 nitrogen and oxygen atoms in total. The number of allylic oxidation sites excluding steroid dienone is 2. The van der Waals surface area contributed by atoms with Gasteiger partial charge in [-0.3, -0.25) is 0 Å². The Kier molecular flexibility index (Phi) is 3.59. The van der Waals surface area contributed by atoms with Crippen LogP contribution in [0, 0.1) is 0 Å². The third-order valence-electron chi connectivity index (χ3n) is 2.28. The van der Waals surface area contributed by atoms with Crippen LogP contribution < -0.4 is 0 Å². The molecule has 0 amide bonds. The van der Waals surface area contributed by atoms with E-state index in [0.29, 0.717) is 0 Å². The Labute approximate surface area is 90.8 Å². The smallest absolute Gasteiger partial charge is 0.211 e. The van der Waals surface area contributed by atoms with Crippen LogP contribution in [0.1, 0.15) is 6.92 Å². The number of carbonyl (C=O) groups excluding carboxylic acids is 3. The molecule has 6 heteroatoms. The zero-order valence-corrected chi connectivity index (χ0v) is 8.38. The minimum Gasteiger partial charge on any atom is -0.211 e. The van der Waals surface area contributed by atoms with Crippen molar-refractivity contribution in [2.24, 2.45) is 15.0 Å². The molecule has 0 N–H and O–H groups in total. The monoisotopic (exact) mass is 217 g/mol. The first kappa shape index (κ1) is 11.7. The van der Waals surface area contributed by atoms with Gasteiger partial charge in [0.25, 0.3) is 0 Å². The third-order valence-corrected chi connectivity index (χ3v) is 2.28. The van der Waals surface area contributed by atoms with Crippen LogP contribution in [0.5, 0.6) is 0 Å². The Morgan fingerprint density at radius 1 is 1.25 bits per heavy atom. The zero-order valence-electron chi connectivity index (χ0n) is 8.38. The minimum absolute atomic E-state index is 0.192. The van der Waals surface area contributed by atoms with Crippen molar-refractivity contribution < 1.29 is 14.4 Å². The van der Waals surface area contributed by atoms with Crippen molar-refractivity contribution in [1.29, 1.82) is 0 Å². The molecule has 0 spiro atoms. The standard InChI is InChI=1S/C10H7N3O3/c1-10(13-7-16)8(11-5-14)3-2-4-9(10)12-6-15/h2-4,8H,1H3. The first-order chi connectivity index (χ1) is 7.69. The van der Waals surface area contributed by atoms with E-state index < -0.39 is 11.6 Å². The maximum atomic E-state index is 10.4. The molecule has 0 fully saturated rings. The molecule has 0 aromatic carbocycles. The fraction of sp³-hybridized carbons (Fsp3) is 0.300. The highest BCUT2D eigenvalue weighted by Crippen LogP contribution is 2.31. The highest BCUT2D eigenvalue weighted by atomic mass is 16.1. The maximum Gasteiger partial charge on any atom is 0.240 e. The normalized spacial score (nSPS) is 26.8. The van der Waals surface area contributed by atoms with Gasteiger partial charge < -0.3 is 0 Å². The number of rotatable bonds is 3. The van der Waals surface area contributed by atoms with Crippen LogP contribution in [0.15, 0.2) is 38.9 Å². The second kappa shape index (κ2) is 4.91. The molecule has 1 rings (SSSR count). The van der Waals surface area contributed by atoms with Crippen molar-refractivity contribution in [1.82, 2.24) is 0 Å². The van der Waals surface area contributed by atoms with Gasteiger partial charge in [-0.05, 0) is 13.0 Å².